The number of aromatic nitrogens is 2. The summed E-state index contributed by atoms with van der Waals surface area (Å²) in [4.78, 5) is 17.2. The molecule has 1 aromatic heterocycles. The van der Waals surface area contributed by atoms with Gasteiger partial charge in [0.2, 0.25) is 11.7 Å². The van der Waals surface area contributed by atoms with Crippen LogP contribution in [0, 0.1) is 0 Å². The van der Waals surface area contributed by atoms with Crippen LogP contribution in [0.3, 0.4) is 0 Å². The number of unbranched alkanes of at least 4 members (excludes halogenated alkanes) is 1. The Bertz CT molecular complexity index is 1390. The van der Waals surface area contributed by atoms with Crippen LogP contribution in [-0.4, -0.2) is 37.4 Å². The van der Waals surface area contributed by atoms with Crippen LogP contribution in [0.15, 0.2) is 77.3 Å². The van der Waals surface area contributed by atoms with Crippen molar-refractivity contribution < 1.29 is 17.7 Å². The second-order valence-corrected chi connectivity index (χ2v) is 9.55. The summed E-state index contributed by atoms with van der Waals surface area (Å²) in [6, 6.07) is 22.6. The average Bonchev–Trinajstić information content (AvgIpc) is 3.35. The van der Waals surface area contributed by atoms with Gasteiger partial charge in [0.05, 0.1) is 12.6 Å². The number of carbonyl (C=O) groups excluding carboxylic acids is 1. The van der Waals surface area contributed by atoms with E-state index in [0.717, 1.165) is 16.3 Å². The summed E-state index contributed by atoms with van der Waals surface area (Å²) >= 11 is 0. The van der Waals surface area contributed by atoms with Crippen LogP contribution in [0.1, 0.15) is 41.6 Å². The Morgan fingerprint density at radius 1 is 0.971 bits per heavy atom. The second kappa shape index (κ2) is 11.3. The first kappa shape index (κ1) is 24.7. The summed E-state index contributed by atoms with van der Waals surface area (Å²) in [6.45, 7) is 0.318. The molecular formula is C25H27N5O4S. The van der Waals surface area contributed by atoms with Gasteiger partial charge in [-0.15, -0.1) is 0 Å². The summed E-state index contributed by atoms with van der Waals surface area (Å²) in [5, 5.41) is 14.5. The second-order valence-electron chi connectivity index (χ2n) is 8.18. The van der Waals surface area contributed by atoms with Gasteiger partial charge in [0.25, 0.3) is 10.2 Å². The van der Waals surface area contributed by atoms with Crippen molar-refractivity contribution in [2.45, 2.75) is 25.3 Å². The summed E-state index contributed by atoms with van der Waals surface area (Å²) in [7, 11) is -3.72. The lowest BCUT2D eigenvalue weighted by molar-refractivity contribution is 0.0984. The quantitative estimate of drug-likeness (QED) is 0.203. The van der Waals surface area contributed by atoms with Crippen LogP contribution >= 0.6 is 0 Å². The van der Waals surface area contributed by atoms with E-state index in [4.69, 9.17) is 9.66 Å². The third-order valence-electron chi connectivity index (χ3n) is 5.58. The van der Waals surface area contributed by atoms with Crippen molar-refractivity contribution in [3.8, 4) is 11.4 Å². The maximum atomic E-state index is 12.6. The fraction of sp³-hybridized carbons (Fsp3) is 0.240. The molecule has 1 atom stereocenters. The molecule has 0 saturated heterocycles. The van der Waals surface area contributed by atoms with Gasteiger partial charge in [0.1, 0.15) is 0 Å². The Hall–Kier alpha value is -3.44. The fourth-order valence-electron chi connectivity index (χ4n) is 3.77. The first-order valence-corrected chi connectivity index (χ1v) is 12.9. The van der Waals surface area contributed by atoms with E-state index in [1.165, 1.54) is 0 Å². The molecule has 0 bridgehead atoms. The molecule has 182 valence electrons. The smallest absolute Gasteiger partial charge is 0.274 e. The zero-order chi connectivity index (χ0) is 24.7. The molecule has 10 heteroatoms. The van der Waals surface area contributed by atoms with Crippen molar-refractivity contribution in [3.05, 3.63) is 84.3 Å². The van der Waals surface area contributed by atoms with Gasteiger partial charge in [-0.2, -0.15) is 13.4 Å². The summed E-state index contributed by atoms with van der Waals surface area (Å²) in [6.07, 6.45) is 1.77. The minimum absolute atomic E-state index is 0.0549. The molecule has 4 N–H and O–H groups in total. The molecule has 0 aliphatic rings. The topological polar surface area (TPSA) is 140 Å². The maximum absolute atomic E-state index is 12.6. The number of rotatable bonds is 12. The summed E-state index contributed by atoms with van der Waals surface area (Å²) in [5.74, 6) is 0.775. The number of benzene rings is 3. The third kappa shape index (κ3) is 7.03. The number of nitrogens with two attached hydrogens (primary N) is 1. The molecule has 0 spiro atoms. The van der Waals surface area contributed by atoms with E-state index in [9.17, 15) is 13.2 Å². The molecule has 0 radical (unpaired) electrons. The fourth-order valence-corrected chi connectivity index (χ4v) is 4.19. The van der Waals surface area contributed by atoms with E-state index in [0.29, 0.717) is 36.5 Å². The minimum Gasteiger partial charge on any atom is -0.337 e. The summed E-state index contributed by atoms with van der Waals surface area (Å²) in [5.41, 5.74) is 1.44. The van der Waals surface area contributed by atoms with Crippen molar-refractivity contribution in [3.63, 3.8) is 0 Å². The molecule has 1 unspecified atom stereocenters. The highest BCUT2D eigenvalue weighted by Gasteiger charge is 2.21. The van der Waals surface area contributed by atoms with Gasteiger partial charge in [0.15, 0.2) is 5.78 Å². The molecule has 3 aromatic carbocycles. The number of nitrogens with one attached hydrogen (secondary N) is 2. The Morgan fingerprint density at radius 3 is 2.49 bits per heavy atom. The number of carbonyl (C=O) groups is 1. The van der Waals surface area contributed by atoms with E-state index in [2.05, 4.69) is 20.2 Å². The van der Waals surface area contributed by atoms with Crippen molar-refractivity contribution in [2.24, 2.45) is 5.14 Å². The van der Waals surface area contributed by atoms with E-state index >= 15 is 0 Å². The molecule has 9 nitrogen and oxygen atoms in total. The van der Waals surface area contributed by atoms with Gasteiger partial charge < -0.3 is 4.52 Å². The minimum atomic E-state index is -3.72. The van der Waals surface area contributed by atoms with Crippen LogP contribution in [0.25, 0.3) is 22.2 Å². The lowest BCUT2D eigenvalue weighted by Gasteiger charge is -2.14. The van der Waals surface area contributed by atoms with Crippen LogP contribution in [0.4, 0.5) is 0 Å². The van der Waals surface area contributed by atoms with E-state index in [1.54, 1.807) is 12.1 Å². The van der Waals surface area contributed by atoms with Crippen molar-refractivity contribution in [1.82, 2.24) is 20.2 Å². The van der Waals surface area contributed by atoms with Gasteiger partial charge in [-0.3, -0.25) is 10.1 Å². The predicted molar refractivity (Wildman–Crippen MR) is 134 cm³/mol. The maximum Gasteiger partial charge on any atom is 0.274 e. The Morgan fingerprint density at radius 2 is 1.71 bits per heavy atom. The van der Waals surface area contributed by atoms with Gasteiger partial charge in [-0.1, -0.05) is 78.3 Å². The number of nitrogens with zero attached hydrogens (tertiary/aromatic N) is 2. The highest BCUT2D eigenvalue weighted by molar-refractivity contribution is 7.87. The molecule has 0 amide bonds. The van der Waals surface area contributed by atoms with Crippen LogP contribution < -0.4 is 15.2 Å². The lowest BCUT2D eigenvalue weighted by Crippen LogP contribution is -2.31. The molecule has 4 aromatic rings. The zero-order valence-electron chi connectivity index (χ0n) is 19.1. The first-order chi connectivity index (χ1) is 16.9. The number of ketones is 1. The molecule has 0 saturated carbocycles. The van der Waals surface area contributed by atoms with Gasteiger partial charge in [-0.25, -0.2) is 9.86 Å². The molecule has 4 rings (SSSR count). The monoisotopic (exact) mass is 493 g/mol. The molecule has 0 fully saturated rings. The lowest BCUT2D eigenvalue weighted by atomic mass is 10.1. The van der Waals surface area contributed by atoms with Gasteiger partial charge in [-0.05, 0) is 29.7 Å². The van der Waals surface area contributed by atoms with Crippen molar-refractivity contribution in [2.75, 3.05) is 13.1 Å². The zero-order valence-corrected chi connectivity index (χ0v) is 19.9. The number of hydrogen-bond donors (Lipinski definition) is 3. The summed E-state index contributed by atoms with van der Waals surface area (Å²) < 4.78 is 30.0. The molecule has 0 aliphatic heterocycles. The van der Waals surface area contributed by atoms with Gasteiger partial charge in [0, 0.05) is 17.7 Å². The van der Waals surface area contributed by atoms with Crippen LogP contribution in [-0.2, 0) is 10.2 Å². The van der Waals surface area contributed by atoms with E-state index in [1.807, 2.05) is 60.7 Å². The Labute approximate surface area is 203 Å². The predicted octanol–water partition coefficient (Wildman–Crippen LogP) is 3.37. The van der Waals surface area contributed by atoms with Gasteiger partial charge >= 0.3 is 0 Å². The highest BCUT2D eigenvalue weighted by Crippen LogP contribution is 2.25. The third-order valence-corrected chi connectivity index (χ3v) is 6.18. The number of fused-ring (bicyclic) bond motifs is 1. The van der Waals surface area contributed by atoms with Crippen LogP contribution in [0.5, 0.6) is 0 Å². The Kier molecular flexibility index (Phi) is 7.98. The standard InChI is InChI=1S/C25H27N5O4S/c26-35(32,33)28-15-7-6-12-22(27-17-23(31)19-9-2-1-3-10-19)25-29-24(30-34-25)21-14-13-18-8-4-5-11-20(18)16-21/h1-5,8-11,13-14,16,22,27-28H,6-7,12,15,17H2,(H2,26,32,33). The molecule has 1 heterocycles. The normalized spacial score (nSPS) is 12.6. The largest absolute Gasteiger partial charge is 0.337 e. The molecular weight excluding hydrogens is 466 g/mol. The van der Waals surface area contributed by atoms with Crippen molar-refractivity contribution in [1.29, 1.82) is 0 Å². The highest BCUT2D eigenvalue weighted by atomic mass is 32.2. The van der Waals surface area contributed by atoms with E-state index in [-0.39, 0.29) is 24.9 Å². The van der Waals surface area contributed by atoms with Crippen molar-refractivity contribution >= 4 is 26.8 Å². The Balaban J connectivity index is 1.47. The SMILES string of the molecule is NS(=O)(=O)NCCCCC(NCC(=O)c1ccccc1)c1nc(-c2ccc3ccccc3c2)no1. The molecule has 35 heavy (non-hydrogen) atoms. The average molecular weight is 494 g/mol. The number of Topliss-reactive ketones (excluding diaryl/α,β-unsaturated/α-hetero) is 1. The van der Waals surface area contributed by atoms with Crippen LogP contribution in [0.2, 0.25) is 0 Å². The number of hydrogen-bond acceptors (Lipinski definition) is 7. The first-order valence-electron chi connectivity index (χ1n) is 11.3. The van der Waals surface area contributed by atoms with E-state index < -0.39 is 10.2 Å². The molecule has 0 aliphatic carbocycles.